The van der Waals surface area contributed by atoms with Gasteiger partial charge in [-0.05, 0) is 30.3 Å². The summed E-state index contributed by atoms with van der Waals surface area (Å²) in [7, 11) is 0. The highest BCUT2D eigenvalue weighted by Gasteiger charge is 2.37. The molecule has 0 aliphatic carbocycles. The number of amides is 2. The van der Waals surface area contributed by atoms with Crippen molar-refractivity contribution in [2.75, 3.05) is 19.6 Å². The van der Waals surface area contributed by atoms with Crippen LogP contribution in [0.3, 0.4) is 0 Å². The number of nitrogens with zero attached hydrogens (tertiary/aromatic N) is 2. The molecule has 2 heterocycles. The first-order chi connectivity index (χ1) is 9.79. The van der Waals surface area contributed by atoms with E-state index in [1.807, 2.05) is 4.90 Å². The van der Waals surface area contributed by atoms with Gasteiger partial charge in [-0.15, -0.1) is 0 Å². The molecular formula is C17H26N2O2. The van der Waals surface area contributed by atoms with Crippen molar-refractivity contribution in [2.45, 2.75) is 40.0 Å². The number of unbranched alkanes of at least 4 members (excludes halogenated alkanes) is 1. The monoisotopic (exact) mass is 290 g/mol. The number of rotatable bonds is 5. The molecule has 1 saturated heterocycles. The maximum atomic E-state index is 12.0. The fraction of sp³-hybridized carbons (Fsp3) is 0.647. The van der Waals surface area contributed by atoms with E-state index >= 15 is 0 Å². The molecule has 0 aromatic heterocycles. The Morgan fingerprint density at radius 1 is 1.29 bits per heavy atom. The van der Waals surface area contributed by atoms with Crippen LogP contribution in [0.15, 0.2) is 24.4 Å². The number of hydrogen-bond acceptors (Lipinski definition) is 2. The van der Waals surface area contributed by atoms with E-state index in [1.54, 1.807) is 17.1 Å². The Kier molecular flexibility index (Phi) is 4.55. The van der Waals surface area contributed by atoms with Gasteiger partial charge in [-0.25, -0.2) is 0 Å². The minimum Gasteiger partial charge on any atom is -0.342 e. The first kappa shape index (κ1) is 15.8. The van der Waals surface area contributed by atoms with E-state index in [0.717, 1.165) is 31.6 Å². The molecule has 21 heavy (non-hydrogen) atoms. The Labute approximate surface area is 127 Å². The van der Waals surface area contributed by atoms with Crippen LogP contribution in [0.2, 0.25) is 0 Å². The maximum Gasteiger partial charge on any atom is 0.251 e. The van der Waals surface area contributed by atoms with Crippen LogP contribution in [0.1, 0.15) is 40.0 Å². The number of allylic oxidation sites excluding steroid dienone is 1. The molecule has 0 radical (unpaired) electrons. The molecule has 2 aliphatic rings. The van der Waals surface area contributed by atoms with Crippen molar-refractivity contribution in [3.63, 3.8) is 0 Å². The number of carbonyl (C=O) groups excluding carboxylic acids is 2. The third-order valence-corrected chi connectivity index (χ3v) is 4.51. The smallest absolute Gasteiger partial charge is 0.251 e. The largest absolute Gasteiger partial charge is 0.342 e. The minimum absolute atomic E-state index is 0.00193. The van der Waals surface area contributed by atoms with Crippen LogP contribution in [0.4, 0.5) is 0 Å². The molecule has 0 aromatic carbocycles. The van der Waals surface area contributed by atoms with Crippen LogP contribution in [-0.2, 0) is 9.59 Å². The Morgan fingerprint density at radius 3 is 2.48 bits per heavy atom. The second-order valence-corrected chi connectivity index (χ2v) is 7.13. The molecule has 2 amide bonds. The lowest BCUT2D eigenvalue weighted by atomic mass is 9.76. The summed E-state index contributed by atoms with van der Waals surface area (Å²) in [6.07, 6.45) is 5.53. The zero-order valence-electron chi connectivity index (χ0n) is 13.4. The summed E-state index contributed by atoms with van der Waals surface area (Å²) in [5, 5.41) is 0. The average Bonchev–Trinajstić information content (AvgIpc) is 2.61. The Morgan fingerprint density at radius 2 is 1.95 bits per heavy atom. The third-order valence-electron chi connectivity index (χ3n) is 4.51. The molecule has 4 heteroatoms. The first-order valence-corrected chi connectivity index (χ1v) is 7.75. The van der Waals surface area contributed by atoms with Crippen LogP contribution in [-0.4, -0.2) is 41.2 Å². The summed E-state index contributed by atoms with van der Waals surface area (Å²) < 4.78 is 0. The highest BCUT2D eigenvalue weighted by Crippen LogP contribution is 2.33. The summed E-state index contributed by atoms with van der Waals surface area (Å²) in [6.45, 7) is 13.0. The third kappa shape index (κ3) is 3.74. The van der Waals surface area contributed by atoms with Gasteiger partial charge in [0.25, 0.3) is 5.91 Å². The van der Waals surface area contributed by atoms with Crippen molar-refractivity contribution < 1.29 is 9.59 Å². The van der Waals surface area contributed by atoms with Crippen molar-refractivity contribution in [1.29, 1.82) is 0 Å². The first-order valence-electron chi connectivity index (χ1n) is 7.75. The van der Waals surface area contributed by atoms with Gasteiger partial charge in [0.1, 0.15) is 0 Å². The normalized spacial score (nSPS) is 19.4. The molecule has 116 valence electrons. The van der Waals surface area contributed by atoms with Gasteiger partial charge in [-0.2, -0.15) is 0 Å². The van der Waals surface area contributed by atoms with E-state index in [-0.39, 0.29) is 11.8 Å². The van der Waals surface area contributed by atoms with Gasteiger partial charge in [-0.3, -0.25) is 9.59 Å². The fourth-order valence-corrected chi connectivity index (χ4v) is 2.68. The SMILES string of the molecule is C=C1C=CC(=O)N1CCCCC(=O)N1CC(C(C)(C)C)C1. The van der Waals surface area contributed by atoms with E-state index in [9.17, 15) is 9.59 Å². The van der Waals surface area contributed by atoms with E-state index in [0.29, 0.717) is 24.3 Å². The van der Waals surface area contributed by atoms with Crippen molar-refractivity contribution in [3.05, 3.63) is 24.4 Å². The van der Waals surface area contributed by atoms with Crippen LogP contribution in [0.5, 0.6) is 0 Å². The summed E-state index contributed by atoms with van der Waals surface area (Å²) >= 11 is 0. The zero-order chi connectivity index (χ0) is 15.6. The van der Waals surface area contributed by atoms with Crippen molar-refractivity contribution in [2.24, 2.45) is 11.3 Å². The van der Waals surface area contributed by atoms with Gasteiger partial charge in [0.15, 0.2) is 0 Å². The van der Waals surface area contributed by atoms with Gasteiger partial charge in [0, 0.05) is 37.8 Å². The quantitative estimate of drug-likeness (QED) is 0.730. The minimum atomic E-state index is 0.00193. The Bertz CT molecular complexity index is 450. The van der Waals surface area contributed by atoms with Crippen LogP contribution in [0, 0.1) is 11.3 Å². The summed E-state index contributed by atoms with van der Waals surface area (Å²) in [4.78, 5) is 27.2. The van der Waals surface area contributed by atoms with Gasteiger partial charge in [0.2, 0.25) is 5.91 Å². The lowest BCUT2D eigenvalue weighted by Gasteiger charge is -2.46. The Balaban J connectivity index is 1.61. The number of carbonyl (C=O) groups is 2. The molecular weight excluding hydrogens is 264 g/mol. The molecule has 0 saturated carbocycles. The summed E-state index contributed by atoms with van der Waals surface area (Å²) in [6, 6.07) is 0. The molecule has 4 nitrogen and oxygen atoms in total. The molecule has 0 unspecified atom stereocenters. The van der Waals surface area contributed by atoms with Crippen LogP contribution < -0.4 is 0 Å². The second kappa shape index (κ2) is 6.04. The van der Waals surface area contributed by atoms with Crippen molar-refractivity contribution >= 4 is 11.8 Å². The van der Waals surface area contributed by atoms with E-state index in [1.165, 1.54) is 0 Å². The number of hydrogen-bond donors (Lipinski definition) is 0. The highest BCUT2D eigenvalue weighted by atomic mass is 16.2. The average molecular weight is 290 g/mol. The van der Waals surface area contributed by atoms with E-state index in [4.69, 9.17) is 0 Å². The predicted molar refractivity (Wildman–Crippen MR) is 83.4 cm³/mol. The number of likely N-dealkylation sites (tertiary alicyclic amines) is 1. The van der Waals surface area contributed by atoms with Crippen LogP contribution >= 0.6 is 0 Å². The molecule has 2 aliphatic heterocycles. The lowest BCUT2D eigenvalue weighted by molar-refractivity contribution is -0.140. The van der Waals surface area contributed by atoms with Gasteiger partial charge in [-0.1, -0.05) is 27.4 Å². The van der Waals surface area contributed by atoms with Gasteiger partial charge < -0.3 is 9.80 Å². The summed E-state index contributed by atoms with van der Waals surface area (Å²) in [5.74, 6) is 0.875. The molecule has 1 fully saturated rings. The van der Waals surface area contributed by atoms with E-state index in [2.05, 4.69) is 27.4 Å². The standard InChI is InChI=1S/C17H26N2O2/c1-13-8-9-16(21)19(13)10-6-5-7-15(20)18-11-14(12-18)17(2,3)4/h8-9,14H,1,5-7,10-12H2,2-4H3. The topological polar surface area (TPSA) is 40.6 Å². The van der Waals surface area contributed by atoms with E-state index < -0.39 is 0 Å². The lowest BCUT2D eigenvalue weighted by Crippen LogP contribution is -2.54. The Hall–Kier alpha value is -1.58. The van der Waals surface area contributed by atoms with Crippen LogP contribution in [0.25, 0.3) is 0 Å². The van der Waals surface area contributed by atoms with Crippen molar-refractivity contribution in [3.8, 4) is 0 Å². The molecule has 0 N–H and O–H groups in total. The molecule has 0 aromatic rings. The molecule has 0 bridgehead atoms. The summed E-state index contributed by atoms with van der Waals surface area (Å²) in [5.41, 5.74) is 1.04. The molecule has 0 atom stereocenters. The second-order valence-electron chi connectivity index (χ2n) is 7.13. The highest BCUT2D eigenvalue weighted by molar-refractivity contribution is 5.92. The maximum absolute atomic E-state index is 12.0. The van der Waals surface area contributed by atoms with Crippen molar-refractivity contribution in [1.82, 2.24) is 9.80 Å². The zero-order valence-corrected chi connectivity index (χ0v) is 13.4. The fourth-order valence-electron chi connectivity index (χ4n) is 2.68. The molecule has 0 spiro atoms. The van der Waals surface area contributed by atoms with Gasteiger partial charge >= 0.3 is 0 Å². The predicted octanol–water partition coefficient (Wildman–Crippen LogP) is 2.57. The van der Waals surface area contributed by atoms with Gasteiger partial charge in [0.05, 0.1) is 0 Å². The molecule has 2 rings (SSSR count).